The van der Waals surface area contributed by atoms with E-state index >= 15 is 0 Å². The standard InChI is InChI=1S/C21H31ClN2O2S/c1-3-9-24-15-19(27-21(24)25)14-23-10-7-16(8-11-23)12-17-13-18(26-4-2)5-6-20(17)22/h5-6,13,16,19H,3-4,7-12,14-15H2,1-2H3. The molecule has 1 aromatic carbocycles. The lowest BCUT2D eigenvalue weighted by atomic mass is 9.90. The molecule has 1 atom stereocenters. The lowest BCUT2D eigenvalue weighted by molar-refractivity contribution is 0.179. The van der Waals surface area contributed by atoms with Gasteiger partial charge in [-0.25, -0.2) is 0 Å². The molecule has 2 fully saturated rings. The van der Waals surface area contributed by atoms with Crippen molar-refractivity contribution in [3.05, 3.63) is 28.8 Å². The maximum absolute atomic E-state index is 12.0. The largest absolute Gasteiger partial charge is 0.494 e. The van der Waals surface area contributed by atoms with Crippen LogP contribution in [0.2, 0.25) is 5.02 Å². The molecule has 1 amide bonds. The predicted molar refractivity (Wildman–Crippen MR) is 114 cm³/mol. The minimum atomic E-state index is 0.264. The number of hydrogen-bond acceptors (Lipinski definition) is 4. The van der Waals surface area contributed by atoms with Crippen molar-refractivity contribution in [1.82, 2.24) is 9.80 Å². The number of carbonyl (C=O) groups is 1. The van der Waals surface area contributed by atoms with Crippen LogP contribution in [-0.2, 0) is 6.42 Å². The van der Waals surface area contributed by atoms with E-state index in [1.807, 2.05) is 24.0 Å². The van der Waals surface area contributed by atoms with Crippen molar-refractivity contribution in [3.63, 3.8) is 0 Å². The molecular weight excluding hydrogens is 380 g/mol. The normalized spacial score (nSPS) is 21.8. The summed E-state index contributed by atoms with van der Waals surface area (Å²) >= 11 is 7.94. The molecule has 1 aromatic rings. The minimum Gasteiger partial charge on any atom is -0.494 e. The van der Waals surface area contributed by atoms with E-state index in [2.05, 4.69) is 17.9 Å². The number of thioether (sulfide) groups is 1. The van der Waals surface area contributed by atoms with Crippen LogP contribution in [0, 0.1) is 5.92 Å². The highest BCUT2D eigenvalue weighted by atomic mass is 35.5. The Balaban J connectivity index is 1.46. The van der Waals surface area contributed by atoms with Crippen LogP contribution in [0.1, 0.15) is 38.7 Å². The van der Waals surface area contributed by atoms with Gasteiger partial charge in [0, 0.05) is 29.9 Å². The summed E-state index contributed by atoms with van der Waals surface area (Å²) in [5.74, 6) is 1.58. The van der Waals surface area contributed by atoms with Crippen LogP contribution in [0.4, 0.5) is 4.79 Å². The monoisotopic (exact) mass is 410 g/mol. The van der Waals surface area contributed by atoms with E-state index in [1.165, 1.54) is 30.2 Å². The Morgan fingerprint density at radius 1 is 1.26 bits per heavy atom. The Hall–Kier alpha value is -0.910. The van der Waals surface area contributed by atoms with Gasteiger partial charge in [-0.2, -0.15) is 0 Å². The summed E-state index contributed by atoms with van der Waals surface area (Å²) in [5, 5.41) is 1.54. The van der Waals surface area contributed by atoms with Crippen molar-refractivity contribution in [2.45, 2.75) is 44.8 Å². The third kappa shape index (κ3) is 5.78. The van der Waals surface area contributed by atoms with E-state index < -0.39 is 0 Å². The first-order valence-electron chi connectivity index (χ1n) is 10.2. The zero-order valence-electron chi connectivity index (χ0n) is 16.5. The number of rotatable bonds is 8. The van der Waals surface area contributed by atoms with Crippen molar-refractivity contribution in [1.29, 1.82) is 0 Å². The molecule has 0 N–H and O–H groups in total. The van der Waals surface area contributed by atoms with Gasteiger partial charge in [0.2, 0.25) is 0 Å². The number of nitrogens with zero attached hydrogens (tertiary/aromatic N) is 2. The molecule has 2 saturated heterocycles. The highest BCUT2D eigenvalue weighted by molar-refractivity contribution is 8.14. The second kappa shape index (κ2) is 10.0. The third-order valence-corrected chi connectivity index (χ3v) is 6.91. The SMILES string of the molecule is CCCN1CC(CN2CCC(Cc3cc(OCC)ccc3Cl)CC2)SC1=O. The second-order valence-corrected chi connectivity index (χ2v) is 9.24. The van der Waals surface area contributed by atoms with Crippen LogP contribution < -0.4 is 4.74 Å². The number of piperidine rings is 1. The number of carbonyl (C=O) groups excluding carboxylic acids is 1. The number of likely N-dealkylation sites (tertiary alicyclic amines) is 1. The topological polar surface area (TPSA) is 32.8 Å². The lowest BCUT2D eigenvalue weighted by Gasteiger charge is -2.33. The van der Waals surface area contributed by atoms with Crippen LogP contribution in [-0.4, -0.2) is 59.6 Å². The van der Waals surface area contributed by atoms with Gasteiger partial charge in [-0.3, -0.25) is 4.79 Å². The van der Waals surface area contributed by atoms with Gasteiger partial charge in [-0.15, -0.1) is 0 Å². The first-order chi connectivity index (χ1) is 13.1. The molecule has 1 unspecified atom stereocenters. The van der Waals surface area contributed by atoms with Gasteiger partial charge in [0.1, 0.15) is 5.75 Å². The molecule has 6 heteroatoms. The predicted octanol–water partition coefficient (Wildman–Crippen LogP) is 4.94. The number of halogens is 1. The zero-order chi connectivity index (χ0) is 19.2. The van der Waals surface area contributed by atoms with E-state index in [1.54, 1.807) is 0 Å². The molecule has 150 valence electrons. The molecule has 2 aliphatic heterocycles. The van der Waals surface area contributed by atoms with Crippen LogP contribution in [0.15, 0.2) is 18.2 Å². The molecule has 0 radical (unpaired) electrons. The molecule has 0 aliphatic carbocycles. The minimum absolute atomic E-state index is 0.264. The highest BCUT2D eigenvalue weighted by Crippen LogP contribution is 2.30. The van der Waals surface area contributed by atoms with Gasteiger partial charge in [0.05, 0.1) is 6.61 Å². The van der Waals surface area contributed by atoms with Crippen molar-refractivity contribution >= 4 is 28.6 Å². The van der Waals surface area contributed by atoms with E-state index in [0.717, 1.165) is 56.3 Å². The fourth-order valence-electron chi connectivity index (χ4n) is 4.06. The Morgan fingerprint density at radius 3 is 2.74 bits per heavy atom. The van der Waals surface area contributed by atoms with E-state index in [0.29, 0.717) is 17.8 Å². The first-order valence-corrected chi connectivity index (χ1v) is 11.4. The molecule has 2 aliphatic rings. The molecule has 0 saturated carbocycles. The molecule has 27 heavy (non-hydrogen) atoms. The summed E-state index contributed by atoms with van der Waals surface area (Å²) in [4.78, 5) is 16.6. The molecule has 0 spiro atoms. The highest BCUT2D eigenvalue weighted by Gasteiger charge is 2.32. The summed E-state index contributed by atoms with van der Waals surface area (Å²) in [6, 6.07) is 6.00. The second-order valence-electron chi connectivity index (χ2n) is 7.59. The van der Waals surface area contributed by atoms with Gasteiger partial charge >= 0.3 is 0 Å². The van der Waals surface area contributed by atoms with Gasteiger partial charge in [-0.05, 0) is 75.4 Å². The average molecular weight is 411 g/mol. The Labute approximate surface area is 172 Å². The van der Waals surface area contributed by atoms with E-state index in [-0.39, 0.29) is 5.24 Å². The summed E-state index contributed by atoms with van der Waals surface area (Å²) < 4.78 is 5.62. The average Bonchev–Trinajstić information content (AvgIpc) is 2.99. The maximum Gasteiger partial charge on any atom is 0.282 e. The fraction of sp³-hybridized carbons (Fsp3) is 0.667. The molecule has 0 aromatic heterocycles. The van der Waals surface area contributed by atoms with Gasteiger partial charge < -0.3 is 14.5 Å². The fourth-order valence-corrected chi connectivity index (χ4v) is 5.39. The van der Waals surface area contributed by atoms with Crippen molar-refractivity contribution in [3.8, 4) is 5.75 Å². The first kappa shape index (κ1) is 20.8. The molecule has 0 bridgehead atoms. The van der Waals surface area contributed by atoms with Crippen LogP contribution in [0.25, 0.3) is 0 Å². The summed E-state index contributed by atoms with van der Waals surface area (Å²) in [6.45, 7) is 9.89. The summed E-state index contributed by atoms with van der Waals surface area (Å²) in [6.07, 6.45) is 4.45. The zero-order valence-corrected chi connectivity index (χ0v) is 18.0. The number of benzene rings is 1. The maximum atomic E-state index is 12.0. The Bertz CT molecular complexity index is 635. The van der Waals surface area contributed by atoms with Crippen molar-refractivity contribution < 1.29 is 9.53 Å². The van der Waals surface area contributed by atoms with Crippen LogP contribution in [0.5, 0.6) is 5.75 Å². The van der Waals surface area contributed by atoms with Crippen molar-refractivity contribution in [2.24, 2.45) is 5.92 Å². The Kier molecular flexibility index (Phi) is 7.74. The quantitative estimate of drug-likeness (QED) is 0.607. The Morgan fingerprint density at radius 2 is 2.04 bits per heavy atom. The van der Waals surface area contributed by atoms with Crippen LogP contribution in [0.3, 0.4) is 0 Å². The summed E-state index contributed by atoms with van der Waals surface area (Å²) in [7, 11) is 0. The van der Waals surface area contributed by atoms with Crippen molar-refractivity contribution in [2.75, 3.05) is 39.3 Å². The number of amides is 1. The van der Waals surface area contributed by atoms with Crippen LogP contribution >= 0.6 is 23.4 Å². The molecule has 2 heterocycles. The smallest absolute Gasteiger partial charge is 0.282 e. The lowest BCUT2D eigenvalue weighted by Crippen LogP contribution is -2.39. The van der Waals surface area contributed by atoms with E-state index in [4.69, 9.17) is 16.3 Å². The third-order valence-electron chi connectivity index (χ3n) is 5.45. The number of ether oxygens (including phenoxy) is 1. The summed E-state index contributed by atoms with van der Waals surface area (Å²) in [5.41, 5.74) is 1.20. The van der Waals surface area contributed by atoms with Gasteiger partial charge in [0.15, 0.2) is 0 Å². The molecule has 4 nitrogen and oxygen atoms in total. The molecule has 3 rings (SSSR count). The van der Waals surface area contributed by atoms with Gasteiger partial charge in [0.25, 0.3) is 5.24 Å². The molecular formula is C21H31ClN2O2S. The number of hydrogen-bond donors (Lipinski definition) is 0. The van der Waals surface area contributed by atoms with E-state index in [9.17, 15) is 4.79 Å². The van der Waals surface area contributed by atoms with Gasteiger partial charge in [-0.1, -0.05) is 30.3 Å².